The van der Waals surface area contributed by atoms with Crippen LogP contribution in [-0.4, -0.2) is 10.9 Å². The van der Waals surface area contributed by atoms with Gasteiger partial charge in [0.1, 0.15) is 5.82 Å². The minimum Gasteiger partial charge on any atom is -0.338 e. The molecule has 2 aromatic carbocycles. The van der Waals surface area contributed by atoms with Crippen molar-refractivity contribution in [2.75, 3.05) is 10.2 Å². The third-order valence-electron chi connectivity index (χ3n) is 5.67. The van der Waals surface area contributed by atoms with E-state index in [0.29, 0.717) is 6.54 Å². The van der Waals surface area contributed by atoms with E-state index in [1.165, 1.54) is 5.56 Å². The van der Waals surface area contributed by atoms with Crippen molar-refractivity contribution in [3.05, 3.63) is 95.7 Å². The van der Waals surface area contributed by atoms with Crippen molar-refractivity contribution in [3.8, 4) is 0 Å². The van der Waals surface area contributed by atoms with Gasteiger partial charge in [0.05, 0.1) is 17.9 Å². The van der Waals surface area contributed by atoms with E-state index < -0.39 is 0 Å². The van der Waals surface area contributed by atoms with Gasteiger partial charge in [-0.25, -0.2) is 4.98 Å². The summed E-state index contributed by atoms with van der Waals surface area (Å²) in [6.07, 6.45) is 4.64. The maximum Gasteiger partial charge on any atom is 0.254 e. The number of nitrogens with zero attached hydrogens (tertiary/aromatic N) is 2. The Morgan fingerprint density at radius 2 is 1.79 bits per heavy atom. The number of benzene rings is 2. The van der Waals surface area contributed by atoms with Crippen LogP contribution in [0.1, 0.15) is 24.5 Å². The summed E-state index contributed by atoms with van der Waals surface area (Å²) in [6, 6.07) is 22.2. The van der Waals surface area contributed by atoms with Crippen LogP contribution in [0.4, 0.5) is 17.2 Å². The molecule has 1 aliphatic heterocycles. The van der Waals surface area contributed by atoms with Crippen LogP contribution < -0.4 is 10.2 Å². The molecular weight excluding hydrogens is 346 g/mol. The van der Waals surface area contributed by atoms with Crippen molar-refractivity contribution >= 4 is 23.1 Å². The molecule has 0 saturated heterocycles. The summed E-state index contributed by atoms with van der Waals surface area (Å²) in [6.45, 7) is 2.70. The quantitative estimate of drug-likeness (QED) is 0.696. The van der Waals surface area contributed by atoms with Crippen LogP contribution in [-0.2, 0) is 16.8 Å². The monoisotopic (exact) mass is 367 g/mol. The number of rotatable bonds is 2. The number of aromatic nitrogens is 1. The number of allylic oxidation sites excluding steroid dienone is 1. The molecule has 4 heteroatoms. The average molecular weight is 367 g/mol. The summed E-state index contributed by atoms with van der Waals surface area (Å²) in [5.41, 5.74) is 4.85. The van der Waals surface area contributed by atoms with E-state index in [1.54, 1.807) is 6.20 Å². The smallest absolute Gasteiger partial charge is 0.254 e. The van der Waals surface area contributed by atoms with Gasteiger partial charge in [-0.05, 0) is 30.2 Å². The van der Waals surface area contributed by atoms with Gasteiger partial charge in [0.15, 0.2) is 0 Å². The SMILES string of the molecule is CC1(c2ccccc2)C=C(C(=O)N2Cc3cccnc3Nc3ccccc32)C1. The van der Waals surface area contributed by atoms with E-state index in [2.05, 4.69) is 47.6 Å². The topological polar surface area (TPSA) is 45.2 Å². The molecule has 1 aromatic heterocycles. The maximum absolute atomic E-state index is 13.4. The van der Waals surface area contributed by atoms with Crippen molar-refractivity contribution < 1.29 is 4.79 Å². The number of fused-ring (bicyclic) bond motifs is 2. The molecule has 0 bridgehead atoms. The lowest BCUT2D eigenvalue weighted by Crippen LogP contribution is -2.39. The van der Waals surface area contributed by atoms with E-state index in [4.69, 9.17) is 0 Å². The molecule has 0 fully saturated rings. The fourth-order valence-electron chi connectivity index (χ4n) is 4.12. The minimum atomic E-state index is -0.0741. The molecule has 28 heavy (non-hydrogen) atoms. The molecule has 1 amide bonds. The fourth-order valence-corrected chi connectivity index (χ4v) is 4.12. The summed E-state index contributed by atoms with van der Waals surface area (Å²) in [7, 11) is 0. The van der Waals surface area contributed by atoms with Crippen LogP contribution in [0.25, 0.3) is 0 Å². The third-order valence-corrected chi connectivity index (χ3v) is 5.67. The zero-order valence-corrected chi connectivity index (χ0v) is 15.7. The molecular formula is C24H21N3O. The van der Waals surface area contributed by atoms with Crippen molar-refractivity contribution in [3.63, 3.8) is 0 Å². The number of para-hydroxylation sites is 2. The van der Waals surface area contributed by atoms with Gasteiger partial charge >= 0.3 is 0 Å². The lowest BCUT2D eigenvalue weighted by Gasteiger charge is -2.38. The van der Waals surface area contributed by atoms with Crippen LogP contribution in [0.3, 0.4) is 0 Å². The fraction of sp³-hybridized carbons (Fsp3) is 0.167. The zero-order chi connectivity index (χ0) is 19.1. The molecule has 1 atom stereocenters. The van der Waals surface area contributed by atoms with Gasteiger partial charge in [-0.1, -0.05) is 61.5 Å². The van der Waals surface area contributed by atoms with Gasteiger partial charge in [0.25, 0.3) is 5.91 Å². The van der Waals surface area contributed by atoms with E-state index in [-0.39, 0.29) is 11.3 Å². The average Bonchev–Trinajstić information content (AvgIpc) is 2.88. The van der Waals surface area contributed by atoms with Gasteiger partial charge in [-0.3, -0.25) is 4.79 Å². The van der Waals surface area contributed by atoms with Gasteiger partial charge in [-0.15, -0.1) is 0 Å². The molecule has 5 rings (SSSR count). The van der Waals surface area contributed by atoms with Gasteiger partial charge in [0.2, 0.25) is 0 Å². The highest BCUT2D eigenvalue weighted by Crippen LogP contribution is 2.44. The summed E-state index contributed by atoms with van der Waals surface area (Å²) >= 11 is 0. The molecule has 3 aromatic rings. The highest BCUT2D eigenvalue weighted by Gasteiger charge is 2.39. The normalized spacial score (nSPS) is 20.0. The van der Waals surface area contributed by atoms with Crippen LogP contribution >= 0.6 is 0 Å². The molecule has 0 radical (unpaired) electrons. The standard InChI is InChI=1S/C24H21N3O/c1-24(19-9-3-2-4-10-19)14-18(15-24)23(28)27-16-17-8-7-13-25-22(17)26-20-11-5-6-12-21(20)27/h2-14H,15-16H2,1H3,(H,25,26). The number of carbonyl (C=O) groups is 1. The Hall–Kier alpha value is -3.40. The molecule has 0 saturated carbocycles. The Morgan fingerprint density at radius 3 is 2.61 bits per heavy atom. The summed E-state index contributed by atoms with van der Waals surface area (Å²) in [4.78, 5) is 19.8. The van der Waals surface area contributed by atoms with Crippen molar-refractivity contribution in [1.29, 1.82) is 0 Å². The largest absolute Gasteiger partial charge is 0.338 e. The lowest BCUT2D eigenvalue weighted by atomic mass is 9.67. The first kappa shape index (κ1) is 16.8. The summed E-state index contributed by atoms with van der Waals surface area (Å²) in [5, 5.41) is 3.38. The van der Waals surface area contributed by atoms with Gasteiger partial charge in [-0.2, -0.15) is 0 Å². The van der Waals surface area contributed by atoms with Gasteiger partial charge in [0, 0.05) is 22.7 Å². The number of hydrogen-bond donors (Lipinski definition) is 1. The second kappa shape index (κ2) is 6.34. The number of pyridine rings is 1. The Morgan fingerprint density at radius 1 is 1.04 bits per heavy atom. The molecule has 1 aliphatic carbocycles. The zero-order valence-electron chi connectivity index (χ0n) is 15.7. The number of carbonyl (C=O) groups excluding carboxylic acids is 1. The van der Waals surface area contributed by atoms with E-state index in [9.17, 15) is 4.79 Å². The molecule has 2 heterocycles. The summed E-state index contributed by atoms with van der Waals surface area (Å²) in [5.74, 6) is 0.876. The van der Waals surface area contributed by atoms with Crippen LogP contribution in [0.5, 0.6) is 0 Å². The molecule has 2 aliphatic rings. The maximum atomic E-state index is 13.4. The Balaban J connectivity index is 1.51. The second-order valence-electron chi connectivity index (χ2n) is 7.67. The Bertz CT molecular complexity index is 1090. The second-order valence-corrected chi connectivity index (χ2v) is 7.67. The van der Waals surface area contributed by atoms with E-state index in [1.807, 2.05) is 47.4 Å². The molecule has 1 N–H and O–H groups in total. The first-order valence-corrected chi connectivity index (χ1v) is 9.53. The number of anilines is 3. The predicted molar refractivity (Wildman–Crippen MR) is 112 cm³/mol. The highest BCUT2D eigenvalue weighted by atomic mass is 16.2. The number of amides is 1. The van der Waals surface area contributed by atoms with Crippen molar-refractivity contribution in [2.45, 2.75) is 25.3 Å². The van der Waals surface area contributed by atoms with Crippen molar-refractivity contribution in [1.82, 2.24) is 4.98 Å². The van der Waals surface area contributed by atoms with Gasteiger partial charge < -0.3 is 10.2 Å². The molecule has 4 nitrogen and oxygen atoms in total. The Kier molecular flexibility index (Phi) is 3.79. The molecule has 138 valence electrons. The van der Waals surface area contributed by atoms with Crippen LogP contribution in [0.15, 0.2) is 84.6 Å². The molecule has 0 spiro atoms. The van der Waals surface area contributed by atoms with Crippen molar-refractivity contribution in [2.24, 2.45) is 0 Å². The van der Waals surface area contributed by atoms with E-state index >= 15 is 0 Å². The Labute approximate surface area is 164 Å². The highest BCUT2D eigenvalue weighted by molar-refractivity contribution is 6.09. The van der Waals surface area contributed by atoms with Crippen LogP contribution in [0.2, 0.25) is 0 Å². The first-order valence-electron chi connectivity index (χ1n) is 9.53. The minimum absolute atomic E-state index is 0.0689. The predicted octanol–water partition coefficient (Wildman–Crippen LogP) is 4.96. The summed E-state index contributed by atoms with van der Waals surface area (Å²) < 4.78 is 0. The lowest BCUT2D eigenvalue weighted by molar-refractivity contribution is -0.115. The number of hydrogen-bond acceptors (Lipinski definition) is 3. The molecule has 1 unspecified atom stereocenters. The first-order chi connectivity index (χ1) is 13.6. The third kappa shape index (κ3) is 2.69. The van der Waals surface area contributed by atoms with Crippen LogP contribution in [0, 0.1) is 0 Å². The number of nitrogens with one attached hydrogen (secondary N) is 1. The van der Waals surface area contributed by atoms with E-state index in [0.717, 1.165) is 34.8 Å².